The molecule has 0 amide bonds. The van der Waals surface area contributed by atoms with E-state index < -0.39 is 147 Å². The Bertz CT molecular complexity index is 1230. The second kappa shape index (κ2) is 15.8. The minimum atomic E-state index is -2.42. The molecule has 0 saturated carbocycles. The van der Waals surface area contributed by atoms with E-state index in [1.807, 2.05) is 0 Å². The second-order valence-corrected chi connectivity index (χ2v) is 11.5. The van der Waals surface area contributed by atoms with E-state index in [4.69, 9.17) is 33.2 Å². The highest BCUT2D eigenvalue weighted by molar-refractivity contribution is 5.75. The summed E-state index contributed by atoms with van der Waals surface area (Å²) in [6.45, 7) is 0. The molecular formula is C25H36O25. The smallest absolute Gasteiger partial charge is 0.335 e. The Morgan fingerprint density at radius 2 is 0.660 bits per heavy atom. The Morgan fingerprint density at radius 3 is 0.960 bits per heavy atom. The summed E-state index contributed by atoms with van der Waals surface area (Å²) < 4.78 is 40.6. The Labute approximate surface area is 277 Å². The van der Waals surface area contributed by atoms with Gasteiger partial charge in [0.05, 0.1) is 0 Å². The first-order chi connectivity index (χ1) is 23.3. The first kappa shape index (κ1) is 40.0. The van der Waals surface area contributed by atoms with Crippen molar-refractivity contribution >= 4 is 23.9 Å². The molecule has 0 spiro atoms. The highest BCUT2D eigenvalue weighted by Crippen LogP contribution is 2.34. The summed E-state index contributed by atoms with van der Waals surface area (Å²) in [7, 11) is 0.994. The standard InChI is InChI=1S/C25H36O25/c1-43-10-3(27)7(31)23(48-14(10)18(34)35)46-12-5(29)9(33)25(50-16(12)20(38)39)47-13-4(28)8(32)24(49-17(13)21(40)41)45-11-2(26)6(30)22(42)44-15(11)19(36)37/h2-17,22-33,42H,1H3,(H,34,35)(H,36,37)(H,38,39)(H,40,41)/t2?,3?,4?,5?,6?,7?,8?,9?,10?,11?,12?,13?,14?,15-,16-,17?,22?,23?,24?,25?/m1/s1. The normalized spacial score (nSPS) is 48.4. The number of aliphatic hydroxyl groups excluding tert-OH is 9. The molecule has 20 atom stereocenters. The predicted molar refractivity (Wildman–Crippen MR) is 141 cm³/mol. The number of aliphatic carboxylic acids is 4. The summed E-state index contributed by atoms with van der Waals surface area (Å²) in [5.74, 6) is -7.45. The van der Waals surface area contributed by atoms with Gasteiger partial charge in [0.15, 0.2) is 49.6 Å². The van der Waals surface area contributed by atoms with Crippen LogP contribution in [0.15, 0.2) is 0 Å². The topological polar surface area (TPSA) is 405 Å². The first-order valence-corrected chi connectivity index (χ1v) is 14.5. The number of aliphatic hydroxyl groups is 9. The van der Waals surface area contributed by atoms with Crippen molar-refractivity contribution in [3.63, 3.8) is 0 Å². The van der Waals surface area contributed by atoms with Gasteiger partial charge in [-0.15, -0.1) is 0 Å². The lowest BCUT2D eigenvalue weighted by Gasteiger charge is -2.47. The van der Waals surface area contributed by atoms with E-state index >= 15 is 0 Å². The van der Waals surface area contributed by atoms with E-state index in [0.717, 1.165) is 7.11 Å². The van der Waals surface area contributed by atoms with Crippen molar-refractivity contribution in [2.75, 3.05) is 7.11 Å². The summed E-state index contributed by atoms with van der Waals surface area (Å²) in [6, 6.07) is 0. The molecule has 0 radical (unpaired) electrons. The fourth-order valence-corrected chi connectivity index (χ4v) is 5.68. The van der Waals surface area contributed by atoms with Crippen LogP contribution in [0.4, 0.5) is 0 Å². The number of ether oxygens (including phenoxy) is 8. The summed E-state index contributed by atoms with van der Waals surface area (Å²) in [5, 5.41) is 132. The molecule has 0 aromatic rings. The van der Waals surface area contributed by atoms with Gasteiger partial charge in [0.2, 0.25) is 0 Å². The molecule has 18 unspecified atom stereocenters. The van der Waals surface area contributed by atoms with Crippen LogP contribution in [0.1, 0.15) is 0 Å². The largest absolute Gasteiger partial charge is 0.479 e. The van der Waals surface area contributed by atoms with E-state index in [0.29, 0.717) is 0 Å². The molecule has 0 aromatic carbocycles. The van der Waals surface area contributed by atoms with Crippen molar-refractivity contribution in [3.8, 4) is 0 Å². The molecule has 4 aliphatic rings. The van der Waals surface area contributed by atoms with Crippen LogP contribution in [0.2, 0.25) is 0 Å². The molecule has 4 saturated heterocycles. The van der Waals surface area contributed by atoms with Crippen molar-refractivity contribution in [2.45, 2.75) is 123 Å². The van der Waals surface area contributed by atoms with Gasteiger partial charge < -0.3 is 104 Å². The van der Waals surface area contributed by atoms with Crippen LogP contribution in [0.5, 0.6) is 0 Å². The van der Waals surface area contributed by atoms with Crippen LogP contribution in [0, 0.1) is 0 Å². The zero-order chi connectivity index (χ0) is 37.5. The number of hydrogen-bond acceptors (Lipinski definition) is 21. The van der Waals surface area contributed by atoms with E-state index in [9.17, 15) is 85.6 Å². The Kier molecular flexibility index (Phi) is 12.7. The number of carboxylic acids is 4. The SMILES string of the molecule is COC1C(C(=O)O)OC(OC2C(O)C(O)C(OC3C(C(=O)O)OC(OC4C(O)C(O)C(O)O[C@H]4C(=O)O)C(O)C3O)O[C@H]2C(=O)O)C(O)C1O. The number of hydrogen-bond donors (Lipinski definition) is 13. The Morgan fingerprint density at radius 1 is 0.400 bits per heavy atom. The minimum Gasteiger partial charge on any atom is -0.479 e. The molecule has 286 valence electrons. The van der Waals surface area contributed by atoms with Gasteiger partial charge in [-0.25, -0.2) is 19.2 Å². The molecule has 0 bridgehead atoms. The molecule has 4 fully saturated rings. The first-order valence-electron chi connectivity index (χ1n) is 14.5. The van der Waals surface area contributed by atoms with Gasteiger partial charge in [-0.3, -0.25) is 0 Å². The van der Waals surface area contributed by atoms with Crippen LogP contribution in [0.3, 0.4) is 0 Å². The zero-order valence-electron chi connectivity index (χ0n) is 25.3. The maximum absolute atomic E-state index is 12.1. The van der Waals surface area contributed by atoms with Crippen molar-refractivity contribution in [1.82, 2.24) is 0 Å². The van der Waals surface area contributed by atoms with Gasteiger partial charge in [-0.2, -0.15) is 0 Å². The van der Waals surface area contributed by atoms with Crippen LogP contribution in [-0.2, 0) is 57.1 Å². The van der Waals surface area contributed by atoms with E-state index in [1.165, 1.54) is 0 Å². The summed E-state index contributed by atoms with van der Waals surface area (Å²) in [4.78, 5) is 47.5. The van der Waals surface area contributed by atoms with Crippen LogP contribution in [0.25, 0.3) is 0 Å². The third-order valence-electron chi connectivity index (χ3n) is 8.32. The van der Waals surface area contributed by atoms with E-state index in [-0.39, 0.29) is 0 Å². The molecule has 13 N–H and O–H groups in total. The molecule has 0 aromatic heterocycles. The number of methoxy groups -OCH3 is 1. The maximum Gasteiger partial charge on any atom is 0.335 e. The number of carboxylic acid groups (broad SMARTS) is 4. The minimum absolute atomic E-state index is 0.994. The maximum atomic E-state index is 12.1. The Balaban J connectivity index is 1.51. The van der Waals surface area contributed by atoms with Crippen molar-refractivity contribution in [2.24, 2.45) is 0 Å². The Hall–Kier alpha value is -2.80. The highest BCUT2D eigenvalue weighted by Gasteiger charge is 2.58. The van der Waals surface area contributed by atoms with Crippen molar-refractivity contribution in [3.05, 3.63) is 0 Å². The fourth-order valence-electron chi connectivity index (χ4n) is 5.68. The van der Waals surface area contributed by atoms with Gasteiger partial charge in [0.25, 0.3) is 0 Å². The number of rotatable bonds is 11. The van der Waals surface area contributed by atoms with Gasteiger partial charge in [-0.1, -0.05) is 0 Å². The molecule has 25 nitrogen and oxygen atoms in total. The molecule has 25 heteroatoms. The molecule has 0 aliphatic carbocycles. The fraction of sp³-hybridized carbons (Fsp3) is 0.840. The third kappa shape index (κ3) is 7.68. The summed E-state index contributed by atoms with van der Waals surface area (Å²) in [6.07, 6.45) is -44.4. The number of carbonyl (C=O) groups is 4. The molecule has 4 aliphatic heterocycles. The molecular weight excluding hydrogens is 700 g/mol. The molecule has 50 heavy (non-hydrogen) atoms. The van der Waals surface area contributed by atoms with Crippen molar-refractivity contribution < 1.29 is 123 Å². The van der Waals surface area contributed by atoms with Gasteiger partial charge >= 0.3 is 23.9 Å². The van der Waals surface area contributed by atoms with Crippen LogP contribution < -0.4 is 0 Å². The summed E-state index contributed by atoms with van der Waals surface area (Å²) in [5.41, 5.74) is 0. The van der Waals surface area contributed by atoms with Crippen molar-refractivity contribution in [1.29, 1.82) is 0 Å². The molecule has 4 heterocycles. The highest BCUT2D eigenvalue weighted by atomic mass is 16.8. The summed E-state index contributed by atoms with van der Waals surface area (Å²) >= 11 is 0. The average molecular weight is 737 g/mol. The lowest BCUT2D eigenvalue weighted by atomic mass is 9.95. The zero-order valence-corrected chi connectivity index (χ0v) is 25.3. The second-order valence-electron chi connectivity index (χ2n) is 11.5. The van der Waals surface area contributed by atoms with E-state index in [2.05, 4.69) is 4.74 Å². The third-order valence-corrected chi connectivity index (χ3v) is 8.32. The van der Waals surface area contributed by atoms with Crippen LogP contribution in [-0.4, -0.2) is 220 Å². The lowest BCUT2D eigenvalue weighted by molar-refractivity contribution is -0.378. The van der Waals surface area contributed by atoms with E-state index in [1.54, 1.807) is 0 Å². The van der Waals surface area contributed by atoms with Gasteiger partial charge in [0.1, 0.15) is 73.2 Å². The quantitative estimate of drug-likeness (QED) is 0.0936. The lowest BCUT2D eigenvalue weighted by Crippen LogP contribution is -2.68. The predicted octanol–water partition coefficient (Wildman–Crippen LogP) is -8.73. The van der Waals surface area contributed by atoms with Gasteiger partial charge in [0, 0.05) is 7.11 Å². The van der Waals surface area contributed by atoms with Gasteiger partial charge in [-0.05, 0) is 0 Å². The van der Waals surface area contributed by atoms with Crippen LogP contribution >= 0.6 is 0 Å². The monoisotopic (exact) mass is 736 g/mol. The average Bonchev–Trinajstić information content (AvgIpc) is 3.05. The molecule has 4 rings (SSSR count).